The number of amides is 2. The van der Waals surface area contributed by atoms with Crippen LogP contribution in [0, 0.1) is 5.92 Å². The zero-order chi connectivity index (χ0) is 23.5. The number of carbonyl (C=O) groups excluding carboxylic acids is 2. The van der Waals surface area contributed by atoms with Crippen molar-refractivity contribution in [3.8, 4) is 11.1 Å². The lowest BCUT2D eigenvalue weighted by Crippen LogP contribution is -2.47. The maximum Gasteiger partial charge on any atom is 0.407 e. The Bertz CT molecular complexity index is 1010. The molecule has 1 saturated heterocycles. The van der Waals surface area contributed by atoms with Gasteiger partial charge in [0.25, 0.3) is 0 Å². The molecule has 7 nitrogen and oxygen atoms in total. The molecule has 1 unspecified atom stereocenters. The second kappa shape index (κ2) is 9.87. The Morgan fingerprint density at radius 2 is 1.70 bits per heavy atom. The molecule has 0 bridgehead atoms. The van der Waals surface area contributed by atoms with E-state index in [2.05, 4.69) is 29.6 Å². The van der Waals surface area contributed by atoms with Crippen molar-refractivity contribution >= 4 is 29.7 Å². The summed E-state index contributed by atoms with van der Waals surface area (Å²) in [5.74, 6) is -0.601. The highest BCUT2D eigenvalue weighted by Gasteiger charge is 2.36. The lowest BCUT2D eigenvalue weighted by atomic mass is 9.98. The van der Waals surface area contributed by atoms with Crippen LogP contribution >= 0.6 is 11.8 Å². The summed E-state index contributed by atoms with van der Waals surface area (Å²) in [6.07, 6.45) is -0.541. The van der Waals surface area contributed by atoms with Crippen LogP contribution in [0.4, 0.5) is 4.79 Å². The van der Waals surface area contributed by atoms with Gasteiger partial charge in [0.05, 0.1) is 5.88 Å². The van der Waals surface area contributed by atoms with Crippen LogP contribution in [0.15, 0.2) is 48.5 Å². The minimum atomic E-state index is -1.00. The quantitative estimate of drug-likeness (QED) is 0.639. The summed E-state index contributed by atoms with van der Waals surface area (Å²) in [5, 5.41) is 12.2. The van der Waals surface area contributed by atoms with E-state index in [-0.39, 0.29) is 30.8 Å². The van der Waals surface area contributed by atoms with E-state index in [1.165, 1.54) is 16.7 Å². The molecule has 2 atom stereocenters. The molecule has 2 aliphatic rings. The van der Waals surface area contributed by atoms with Crippen molar-refractivity contribution in [3.63, 3.8) is 0 Å². The summed E-state index contributed by atoms with van der Waals surface area (Å²) >= 11 is 1.42. The lowest BCUT2D eigenvalue weighted by Gasteiger charge is -2.26. The van der Waals surface area contributed by atoms with Gasteiger partial charge in [-0.3, -0.25) is 4.79 Å². The van der Waals surface area contributed by atoms with Crippen molar-refractivity contribution in [2.75, 3.05) is 18.2 Å². The van der Waals surface area contributed by atoms with Crippen molar-refractivity contribution in [1.82, 2.24) is 10.2 Å². The van der Waals surface area contributed by atoms with E-state index in [1.807, 2.05) is 38.1 Å². The second-order valence-corrected chi connectivity index (χ2v) is 9.74. The minimum Gasteiger partial charge on any atom is -0.480 e. The normalized spacial score (nSPS) is 18.0. The second-order valence-electron chi connectivity index (χ2n) is 8.74. The average molecular weight is 469 g/mol. The summed E-state index contributed by atoms with van der Waals surface area (Å²) in [6.45, 7) is 4.02. The Morgan fingerprint density at radius 1 is 1.09 bits per heavy atom. The van der Waals surface area contributed by atoms with E-state index in [0.717, 1.165) is 22.3 Å². The van der Waals surface area contributed by atoms with Gasteiger partial charge in [-0.1, -0.05) is 62.4 Å². The average Bonchev–Trinajstić information content (AvgIpc) is 3.41. The third-order valence-corrected chi connectivity index (χ3v) is 7.35. The van der Waals surface area contributed by atoms with Gasteiger partial charge in [0.2, 0.25) is 5.91 Å². The van der Waals surface area contributed by atoms with E-state index < -0.39 is 24.1 Å². The molecular formula is C25H28N2O5S. The number of rotatable bonds is 7. The molecule has 1 aliphatic carbocycles. The number of carboxylic acid groups (broad SMARTS) is 1. The van der Waals surface area contributed by atoms with Crippen molar-refractivity contribution in [2.45, 2.75) is 38.3 Å². The maximum absolute atomic E-state index is 12.8. The van der Waals surface area contributed by atoms with Crippen LogP contribution in [0.2, 0.25) is 0 Å². The molecule has 1 aliphatic heterocycles. The standard InChI is InChI=1S/C25H28N2O5S/c1-15(2)21(11-23(28)27-14-33-13-22(27)24(29)30)26-25(31)32-12-20-18-9-5-3-7-16(18)17-8-4-6-10-19(17)20/h3-10,15,20-22H,11-14H2,1-2H3,(H,26,31)(H,29,30)/t21?,22-/m0/s1. The Morgan fingerprint density at radius 3 is 2.27 bits per heavy atom. The van der Waals surface area contributed by atoms with Gasteiger partial charge >= 0.3 is 12.1 Å². The van der Waals surface area contributed by atoms with Crippen LogP contribution in [0.1, 0.15) is 37.3 Å². The number of aliphatic carboxylic acids is 1. The highest BCUT2D eigenvalue weighted by atomic mass is 32.2. The van der Waals surface area contributed by atoms with Crippen LogP contribution < -0.4 is 5.32 Å². The van der Waals surface area contributed by atoms with E-state index >= 15 is 0 Å². The Kier molecular flexibility index (Phi) is 6.93. The van der Waals surface area contributed by atoms with Crippen LogP contribution in [0.25, 0.3) is 11.1 Å². The molecule has 1 heterocycles. The largest absolute Gasteiger partial charge is 0.480 e. The first kappa shape index (κ1) is 23.2. The molecule has 2 aromatic carbocycles. The summed E-state index contributed by atoms with van der Waals surface area (Å²) < 4.78 is 5.61. The number of ether oxygens (including phenoxy) is 1. The molecule has 2 amide bonds. The van der Waals surface area contributed by atoms with Gasteiger partial charge in [0.1, 0.15) is 12.6 Å². The van der Waals surface area contributed by atoms with Crippen molar-refractivity contribution in [1.29, 1.82) is 0 Å². The van der Waals surface area contributed by atoms with Gasteiger partial charge < -0.3 is 20.1 Å². The van der Waals surface area contributed by atoms with E-state index in [0.29, 0.717) is 11.6 Å². The zero-order valence-electron chi connectivity index (χ0n) is 18.7. The molecule has 4 rings (SSSR count). The zero-order valence-corrected chi connectivity index (χ0v) is 19.5. The van der Waals surface area contributed by atoms with Crippen LogP contribution in [-0.2, 0) is 14.3 Å². The van der Waals surface area contributed by atoms with Gasteiger partial charge in [0.15, 0.2) is 0 Å². The van der Waals surface area contributed by atoms with E-state index in [4.69, 9.17) is 4.74 Å². The van der Waals surface area contributed by atoms with Crippen molar-refractivity contribution in [3.05, 3.63) is 59.7 Å². The number of nitrogens with one attached hydrogen (secondary N) is 1. The molecule has 2 aromatic rings. The molecule has 0 aromatic heterocycles. The van der Waals surface area contributed by atoms with Gasteiger partial charge in [-0.25, -0.2) is 9.59 Å². The number of nitrogens with zero attached hydrogens (tertiary/aromatic N) is 1. The summed E-state index contributed by atoms with van der Waals surface area (Å²) in [6, 6.07) is 15.0. The number of hydrogen-bond donors (Lipinski definition) is 2. The smallest absolute Gasteiger partial charge is 0.407 e. The third-order valence-electron chi connectivity index (χ3n) is 6.33. The van der Waals surface area contributed by atoms with Crippen LogP contribution in [0.3, 0.4) is 0 Å². The highest BCUT2D eigenvalue weighted by molar-refractivity contribution is 7.99. The van der Waals surface area contributed by atoms with Crippen molar-refractivity contribution < 1.29 is 24.2 Å². The number of thioether (sulfide) groups is 1. The molecule has 33 heavy (non-hydrogen) atoms. The van der Waals surface area contributed by atoms with Crippen LogP contribution in [0.5, 0.6) is 0 Å². The Labute approximate surface area is 197 Å². The topological polar surface area (TPSA) is 95.9 Å². The third kappa shape index (κ3) is 4.85. The number of fused-ring (bicyclic) bond motifs is 3. The number of alkyl carbamates (subject to hydrolysis) is 1. The van der Waals surface area contributed by atoms with E-state index in [9.17, 15) is 19.5 Å². The Balaban J connectivity index is 1.38. The number of benzene rings is 2. The maximum atomic E-state index is 12.8. The molecule has 1 fully saturated rings. The lowest BCUT2D eigenvalue weighted by molar-refractivity contribution is -0.148. The highest BCUT2D eigenvalue weighted by Crippen LogP contribution is 2.44. The number of carbonyl (C=O) groups is 3. The monoisotopic (exact) mass is 468 g/mol. The fourth-order valence-electron chi connectivity index (χ4n) is 4.44. The molecule has 2 N–H and O–H groups in total. The number of carboxylic acids is 1. The first-order valence-corrected chi connectivity index (χ1v) is 12.2. The molecule has 0 saturated carbocycles. The van der Waals surface area contributed by atoms with Crippen LogP contribution in [-0.4, -0.2) is 58.3 Å². The first-order valence-electron chi connectivity index (χ1n) is 11.1. The summed E-state index contributed by atoms with van der Waals surface area (Å²) in [4.78, 5) is 38.2. The fourth-order valence-corrected chi connectivity index (χ4v) is 5.62. The van der Waals surface area contributed by atoms with Gasteiger partial charge in [-0.15, -0.1) is 11.8 Å². The van der Waals surface area contributed by atoms with Gasteiger partial charge in [-0.05, 0) is 28.2 Å². The molecule has 174 valence electrons. The SMILES string of the molecule is CC(C)C(CC(=O)N1CSC[C@H]1C(=O)O)NC(=O)OCC1c2ccccc2-c2ccccc21. The predicted molar refractivity (Wildman–Crippen MR) is 127 cm³/mol. The van der Waals surface area contributed by atoms with Gasteiger partial charge in [0, 0.05) is 24.1 Å². The minimum absolute atomic E-state index is 0.0204. The summed E-state index contributed by atoms with van der Waals surface area (Å²) in [7, 11) is 0. The predicted octanol–water partition coefficient (Wildman–Crippen LogP) is 3.93. The summed E-state index contributed by atoms with van der Waals surface area (Å²) in [5.41, 5.74) is 4.58. The molecule has 8 heteroatoms. The number of hydrogen-bond acceptors (Lipinski definition) is 5. The molecular weight excluding hydrogens is 440 g/mol. The van der Waals surface area contributed by atoms with Crippen molar-refractivity contribution in [2.24, 2.45) is 5.92 Å². The molecule has 0 radical (unpaired) electrons. The fraction of sp³-hybridized carbons (Fsp3) is 0.400. The Hall–Kier alpha value is -3.00. The van der Waals surface area contributed by atoms with Gasteiger partial charge in [-0.2, -0.15) is 0 Å². The molecule has 0 spiro atoms. The van der Waals surface area contributed by atoms with E-state index in [1.54, 1.807) is 0 Å². The first-order chi connectivity index (χ1) is 15.9.